The molecule has 0 atom stereocenters. The first-order valence-electron chi connectivity index (χ1n) is 10.1. The molecule has 0 amide bonds. The van der Waals surface area contributed by atoms with Crippen LogP contribution in [0.3, 0.4) is 0 Å². The Morgan fingerprint density at radius 3 is 2.33 bits per heavy atom. The van der Waals surface area contributed by atoms with Crippen molar-refractivity contribution in [1.29, 1.82) is 0 Å². The van der Waals surface area contributed by atoms with Gasteiger partial charge < -0.3 is 9.47 Å². The van der Waals surface area contributed by atoms with Crippen molar-refractivity contribution in [2.45, 2.75) is 19.4 Å². The summed E-state index contributed by atoms with van der Waals surface area (Å²) in [6.45, 7) is 1.19. The molecule has 0 spiro atoms. The van der Waals surface area contributed by atoms with Crippen LogP contribution in [0.4, 0.5) is 0 Å². The van der Waals surface area contributed by atoms with Gasteiger partial charge in [-0.15, -0.1) is 0 Å². The van der Waals surface area contributed by atoms with Gasteiger partial charge >= 0.3 is 0 Å². The average Bonchev–Trinajstić information content (AvgIpc) is 2.81. The molecule has 0 bridgehead atoms. The first-order chi connectivity index (χ1) is 14.8. The minimum Gasteiger partial charge on any atom is -0.497 e. The molecule has 5 heteroatoms. The highest BCUT2D eigenvalue weighted by Crippen LogP contribution is 2.22. The van der Waals surface area contributed by atoms with Crippen molar-refractivity contribution in [3.05, 3.63) is 89.2 Å². The SMILES string of the molecule is COc1ccc(-c2nc3ccccc3c(=O)n2CCCCOc2ccccc2)cc1. The molecule has 0 N–H and O–H groups in total. The fourth-order valence-corrected chi connectivity index (χ4v) is 3.41. The van der Waals surface area contributed by atoms with Gasteiger partial charge in [-0.1, -0.05) is 30.3 Å². The lowest BCUT2D eigenvalue weighted by atomic mass is 10.1. The molecule has 3 aromatic carbocycles. The van der Waals surface area contributed by atoms with Gasteiger partial charge in [-0.05, 0) is 61.4 Å². The molecule has 0 fully saturated rings. The lowest BCUT2D eigenvalue weighted by molar-refractivity contribution is 0.303. The summed E-state index contributed by atoms with van der Waals surface area (Å²) in [6, 6.07) is 24.9. The van der Waals surface area contributed by atoms with E-state index in [1.807, 2.05) is 78.9 Å². The Kier molecular flexibility index (Phi) is 6.09. The fraction of sp³-hybridized carbons (Fsp3) is 0.200. The van der Waals surface area contributed by atoms with E-state index in [-0.39, 0.29) is 5.56 Å². The molecule has 0 saturated carbocycles. The molecule has 0 saturated heterocycles. The highest BCUT2D eigenvalue weighted by molar-refractivity contribution is 5.79. The summed E-state index contributed by atoms with van der Waals surface area (Å²) in [5.41, 5.74) is 1.58. The Morgan fingerprint density at radius 2 is 1.57 bits per heavy atom. The van der Waals surface area contributed by atoms with Crippen molar-refractivity contribution < 1.29 is 9.47 Å². The fourth-order valence-electron chi connectivity index (χ4n) is 3.41. The number of rotatable bonds is 8. The molecule has 0 radical (unpaired) electrons. The van der Waals surface area contributed by atoms with E-state index in [0.29, 0.717) is 29.9 Å². The Labute approximate surface area is 175 Å². The molecule has 0 aliphatic rings. The summed E-state index contributed by atoms with van der Waals surface area (Å²) < 4.78 is 12.8. The normalized spacial score (nSPS) is 10.8. The van der Waals surface area contributed by atoms with E-state index in [0.717, 1.165) is 29.9 Å². The second-order valence-electron chi connectivity index (χ2n) is 7.01. The number of fused-ring (bicyclic) bond motifs is 1. The van der Waals surface area contributed by atoms with Gasteiger partial charge in [0.15, 0.2) is 0 Å². The van der Waals surface area contributed by atoms with Gasteiger partial charge in [0.25, 0.3) is 5.56 Å². The van der Waals surface area contributed by atoms with Crippen molar-refractivity contribution in [3.8, 4) is 22.9 Å². The van der Waals surface area contributed by atoms with Crippen molar-refractivity contribution in [1.82, 2.24) is 9.55 Å². The van der Waals surface area contributed by atoms with E-state index in [2.05, 4.69) is 0 Å². The molecule has 4 rings (SSSR count). The number of hydrogen-bond donors (Lipinski definition) is 0. The van der Waals surface area contributed by atoms with Gasteiger partial charge in [-0.3, -0.25) is 9.36 Å². The summed E-state index contributed by atoms with van der Waals surface area (Å²) >= 11 is 0. The maximum Gasteiger partial charge on any atom is 0.261 e. The predicted octanol–water partition coefficient (Wildman–Crippen LogP) is 4.93. The third-order valence-corrected chi connectivity index (χ3v) is 5.00. The van der Waals surface area contributed by atoms with Crippen molar-refractivity contribution in [3.63, 3.8) is 0 Å². The smallest absolute Gasteiger partial charge is 0.261 e. The quantitative estimate of drug-likeness (QED) is 0.394. The van der Waals surface area contributed by atoms with E-state index >= 15 is 0 Å². The first kappa shape index (κ1) is 19.7. The topological polar surface area (TPSA) is 53.3 Å². The summed E-state index contributed by atoms with van der Waals surface area (Å²) in [4.78, 5) is 18.0. The van der Waals surface area contributed by atoms with Crippen molar-refractivity contribution in [2.75, 3.05) is 13.7 Å². The Hall–Kier alpha value is -3.60. The van der Waals surface area contributed by atoms with Crippen LogP contribution in [0.15, 0.2) is 83.7 Å². The minimum atomic E-state index is -0.0182. The zero-order valence-electron chi connectivity index (χ0n) is 17.0. The lowest BCUT2D eigenvalue weighted by Gasteiger charge is -2.14. The van der Waals surface area contributed by atoms with Gasteiger partial charge in [0.05, 0.1) is 24.6 Å². The van der Waals surface area contributed by atoms with E-state index in [4.69, 9.17) is 14.5 Å². The molecule has 0 aliphatic heterocycles. The molecule has 30 heavy (non-hydrogen) atoms. The number of aromatic nitrogens is 2. The maximum atomic E-state index is 13.2. The molecule has 4 aromatic rings. The lowest BCUT2D eigenvalue weighted by Crippen LogP contribution is -2.24. The van der Waals surface area contributed by atoms with Gasteiger partial charge in [-0.2, -0.15) is 0 Å². The third-order valence-electron chi connectivity index (χ3n) is 5.00. The number of unbranched alkanes of at least 4 members (excludes halogenated alkanes) is 1. The molecule has 1 heterocycles. The van der Waals surface area contributed by atoms with Gasteiger partial charge in [0.2, 0.25) is 0 Å². The number of nitrogens with zero attached hydrogens (tertiary/aromatic N) is 2. The standard InChI is InChI=1S/C25H24N2O3/c1-29-20-15-13-19(14-16-20)24-26-23-12-6-5-11-22(23)25(28)27(24)17-7-8-18-30-21-9-3-2-4-10-21/h2-6,9-16H,7-8,17-18H2,1H3. The maximum absolute atomic E-state index is 13.2. The van der Waals surface area contributed by atoms with Gasteiger partial charge in [0.1, 0.15) is 17.3 Å². The molecule has 152 valence electrons. The summed E-state index contributed by atoms with van der Waals surface area (Å²) in [6.07, 6.45) is 1.66. The van der Waals surface area contributed by atoms with Crippen LogP contribution in [0.5, 0.6) is 11.5 Å². The Bertz CT molecular complexity index is 1170. The van der Waals surface area contributed by atoms with E-state index in [9.17, 15) is 4.79 Å². The van der Waals surface area contributed by atoms with Crippen LogP contribution in [0.2, 0.25) is 0 Å². The zero-order chi connectivity index (χ0) is 20.8. The molecule has 1 aromatic heterocycles. The Morgan fingerprint density at radius 1 is 0.833 bits per heavy atom. The molecular weight excluding hydrogens is 376 g/mol. The number of benzene rings is 3. The average molecular weight is 400 g/mol. The van der Waals surface area contributed by atoms with E-state index < -0.39 is 0 Å². The largest absolute Gasteiger partial charge is 0.497 e. The van der Waals surface area contributed by atoms with Crippen LogP contribution in [0.1, 0.15) is 12.8 Å². The first-order valence-corrected chi connectivity index (χ1v) is 10.1. The third kappa shape index (κ3) is 4.35. The summed E-state index contributed by atoms with van der Waals surface area (Å²) in [5, 5.41) is 0.635. The number of methoxy groups -OCH3 is 1. The molecule has 5 nitrogen and oxygen atoms in total. The van der Waals surface area contributed by atoms with Crippen LogP contribution >= 0.6 is 0 Å². The van der Waals surface area contributed by atoms with Crippen LogP contribution < -0.4 is 15.0 Å². The van der Waals surface area contributed by atoms with Crippen molar-refractivity contribution >= 4 is 10.9 Å². The molecule has 0 aliphatic carbocycles. The number of ether oxygens (including phenoxy) is 2. The molecule has 0 unspecified atom stereocenters. The van der Waals surface area contributed by atoms with Crippen LogP contribution in [-0.4, -0.2) is 23.3 Å². The second-order valence-corrected chi connectivity index (χ2v) is 7.01. The van der Waals surface area contributed by atoms with Crippen LogP contribution in [-0.2, 0) is 6.54 Å². The zero-order valence-corrected chi connectivity index (χ0v) is 17.0. The number of para-hydroxylation sites is 2. The highest BCUT2D eigenvalue weighted by atomic mass is 16.5. The van der Waals surface area contributed by atoms with E-state index in [1.54, 1.807) is 11.7 Å². The second kappa shape index (κ2) is 9.27. The minimum absolute atomic E-state index is 0.0182. The summed E-state index contributed by atoms with van der Waals surface area (Å²) in [5.74, 6) is 2.30. The monoisotopic (exact) mass is 400 g/mol. The summed E-state index contributed by atoms with van der Waals surface area (Å²) in [7, 11) is 1.64. The predicted molar refractivity (Wildman–Crippen MR) is 119 cm³/mol. The highest BCUT2D eigenvalue weighted by Gasteiger charge is 2.12. The van der Waals surface area contributed by atoms with E-state index in [1.165, 1.54) is 0 Å². The molecular formula is C25H24N2O3. The van der Waals surface area contributed by atoms with Gasteiger partial charge in [-0.25, -0.2) is 4.98 Å². The van der Waals surface area contributed by atoms with Crippen LogP contribution in [0.25, 0.3) is 22.3 Å². The number of hydrogen-bond acceptors (Lipinski definition) is 4. The van der Waals surface area contributed by atoms with Gasteiger partial charge in [0, 0.05) is 12.1 Å². The van der Waals surface area contributed by atoms with Crippen molar-refractivity contribution in [2.24, 2.45) is 0 Å². The Balaban J connectivity index is 1.56. The van der Waals surface area contributed by atoms with Crippen LogP contribution in [0, 0.1) is 0 Å².